The highest BCUT2D eigenvalue weighted by Gasteiger charge is 2.05. The van der Waals surface area contributed by atoms with Crippen LogP contribution >= 0.6 is 15.9 Å². The van der Waals surface area contributed by atoms with Crippen LogP contribution in [-0.4, -0.2) is 22.2 Å². The van der Waals surface area contributed by atoms with E-state index in [1.807, 2.05) is 6.92 Å². The molecule has 1 N–H and O–H groups in total. The van der Waals surface area contributed by atoms with E-state index in [4.69, 9.17) is 0 Å². The fourth-order valence-electron chi connectivity index (χ4n) is 0.964. The molecule has 1 aromatic rings. The van der Waals surface area contributed by atoms with Gasteiger partial charge in [-0.05, 0) is 22.9 Å². The van der Waals surface area contributed by atoms with Crippen LogP contribution in [0.3, 0.4) is 0 Å². The molecule has 0 saturated carbocycles. The first kappa shape index (κ1) is 11.0. The second-order valence-corrected chi connectivity index (χ2v) is 3.71. The van der Waals surface area contributed by atoms with E-state index in [9.17, 15) is 4.79 Å². The van der Waals surface area contributed by atoms with Gasteiger partial charge in [-0.3, -0.25) is 9.48 Å². The van der Waals surface area contributed by atoms with E-state index in [1.165, 1.54) is 0 Å². The molecule has 0 aliphatic carbocycles. The normalized spacial score (nSPS) is 9.86. The van der Waals surface area contributed by atoms with E-state index < -0.39 is 0 Å². The van der Waals surface area contributed by atoms with Gasteiger partial charge in [0.15, 0.2) is 0 Å². The van der Waals surface area contributed by atoms with Gasteiger partial charge in [0.2, 0.25) is 5.91 Å². The predicted molar refractivity (Wildman–Crippen MR) is 57.9 cm³/mol. The van der Waals surface area contributed by atoms with Gasteiger partial charge >= 0.3 is 0 Å². The number of hydrogen-bond acceptors (Lipinski definition) is 2. The van der Waals surface area contributed by atoms with Crippen LogP contribution < -0.4 is 5.32 Å². The minimum absolute atomic E-state index is 0.0695. The topological polar surface area (TPSA) is 46.9 Å². The maximum absolute atomic E-state index is 11.3. The van der Waals surface area contributed by atoms with Crippen LogP contribution in [0.4, 0.5) is 0 Å². The Kier molecular flexibility index (Phi) is 3.88. The van der Waals surface area contributed by atoms with Crippen molar-refractivity contribution >= 4 is 21.8 Å². The Hall–Kier alpha value is -1.10. The molecule has 0 unspecified atom stereocenters. The van der Waals surface area contributed by atoms with Crippen LogP contribution in [0, 0.1) is 6.92 Å². The summed E-state index contributed by atoms with van der Waals surface area (Å²) in [6.07, 6.45) is 3.42. The number of hydrogen-bond donors (Lipinski definition) is 1. The van der Waals surface area contributed by atoms with Crippen molar-refractivity contribution in [1.29, 1.82) is 0 Å². The smallest absolute Gasteiger partial charge is 0.241 e. The van der Waals surface area contributed by atoms with Crippen molar-refractivity contribution in [2.75, 3.05) is 6.54 Å². The minimum Gasteiger partial charge on any atom is -0.351 e. The molecule has 4 nitrogen and oxygen atoms in total. The van der Waals surface area contributed by atoms with Crippen LogP contribution in [0.1, 0.15) is 5.69 Å². The molecule has 14 heavy (non-hydrogen) atoms. The summed E-state index contributed by atoms with van der Waals surface area (Å²) in [5.74, 6) is -0.0695. The summed E-state index contributed by atoms with van der Waals surface area (Å²) in [4.78, 5) is 11.3. The first-order valence-electron chi connectivity index (χ1n) is 4.20. The predicted octanol–water partition coefficient (Wildman–Crippen LogP) is 1.26. The lowest BCUT2D eigenvalue weighted by Crippen LogP contribution is -2.27. The molecule has 1 heterocycles. The second-order valence-electron chi connectivity index (χ2n) is 2.85. The first-order valence-corrected chi connectivity index (χ1v) is 5.00. The van der Waals surface area contributed by atoms with Gasteiger partial charge in [0.1, 0.15) is 6.54 Å². The highest BCUT2D eigenvalue weighted by molar-refractivity contribution is 9.10. The zero-order valence-electron chi connectivity index (χ0n) is 7.96. The SMILES string of the molecule is C=CCNC(=O)Cn1cc(Br)c(C)n1. The lowest BCUT2D eigenvalue weighted by Gasteiger charge is -2.01. The Morgan fingerprint density at radius 1 is 1.86 bits per heavy atom. The van der Waals surface area contributed by atoms with Gasteiger partial charge in [0, 0.05) is 12.7 Å². The third-order valence-corrected chi connectivity index (χ3v) is 2.41. The Balaban J connectivity index is 2.51. The number of aryl methyl sites for hydroxylation is 1. The molecule has 0 aromatic carbocycles. The fourth-order valence-corrected chi connectivity index (χ4v) is 1.28. The first-order chi connectivity index (χ1) is 6.63. The lowest BCUT2D eigenvalue weighted by atomic mass is 10.5. The van der Waals surface area contributed by atoms with Crippen molar-refractivity contribution in [2.45, 2.75) is 13.5 Å². The number of carbonyl (C=O) groups excluding carboxylic acids is 1. The van der Waals surface area contributed by atoms with Crippen LogP contribution in [-0.2, 0) is 11.3 Å². The Morgan fingerprint density at radius 2 is 2.57 bits per heavy atom. The van der Waals surface area contributed by atoms with Crippen molar-refractivity contribution in [3.05, 3.63) is 29.0 Å². The third kappa shape index (κ3) is 2.99. The molecular weight excluding hydrogens is 246 g/mol. The molecule has 0 saturated heterocycles. The number of aromatic nitrogens is 2. The van der Waals surface area contributed by atoms with Gasteiger partial charge in [-0.15, -0.1) is 6.58 Å². The number of carbonyl (C=O) groups is 1. The number of nitrogens with zero attached hydrogens (tertiary/aromatic N) is 2. The number of amides is 1. The van der Waals surface area contributed by atoms with Crippen molar-refractivity contribution in [3.8, 4) is 0 Å². The molecule has 76 valence electrons. The molecule has 1 aromatic heterocycles. The molecule has 0 fully saturated rings. The summed E-state index contributed by atoms with van der Waals surface area (Å²) in [5, 5.41) is 6.82. The number of halogens is 1. The van der Waals surface area contributed by atoms with Gasteiger partial charge in [0.25, 0.3) is 0 Å². The largest absolute Gasteiger partial charge is 0.351 e. The maximum Gasteiger partial charge on any atom is 0.241 e. The van der Waals surface area contributed by atoms with E-state index >= 15 is 0 Å². The van der Waals surface area contributed by atoms with Crippen LogP contribution in [0.15, 0.2) is 23.3 Å². The quantitative estimate of drug-likeness (QED) is 0.826. The zero-order valence-corrected chi connectivity index (χ0v) is 9.54. The molecule has 5 heteroatoms. The third-order valence-electron chi connectivity index (χ3n) is 1.64. The second kappa shape index (κ2) is 4.95. The average Bonchev–Trinajstić information content (AvgIpc) is 2.42. The van der Waals surface area contributed by atoms with Crippen molar-refractivity contribution < 1.29 is 4.79 Å². The Morgan fingerprint density at radius 3 is 3.07 bits per heavy atom. The molecule has 0 spiro atoms. The monoisotopic (exact) mass is 257 g/mol. The molecule has 0 aliphatic heterocycles. The Labute approximate surface area is 91.1 Å². The highest BCUT2D eigenvalue weighted by Crippen LogP contribution is 2.12. The summed E-state index contributed by atoms with van der Waals surface area (Å²) in [7, 11) is 0. The maximum atomic E-state index is 11.3. The van der Waals surface area contributed by atoms with Crippen molar-refractivity contribution in [3.63, 3.8) is 0 Å². The number of rotatable bonds is 4. The molecule has 0 radical (unpaired) electrons. The van der Waals surface area contributed by atoms with Gasteiger partial charge in [-0.1, -0.05) is 6.08 Å². The van der Waals surface area contributed by atoms with E-state index in [2.05, 4.69) is 32.9 Å². The molecule has 1 amide bonds. The van der Waals surface area contributed by atoms with Crippen LogP contribution in [0.2, 0.25) is 0 Å². The van der Waals surface area contributed by atoms with E-state index in [0.29, 0.717) is 6.54 Å². The minimum atomic E-state index is -0.0695. The average molecular weight is 258 g/mol. The zero-order chi connectivity index (χ0) is 10.6. The van der Waals surface area contributed by atoms with Crippen molar-refractivity contribution in [1.82, 2.24) is 15.1 Å². The van der Waals surface area contributed by atoms with Gasteiger partial charge in [0.05, 0.1) is 10.2 Å². The van der Waals surface area contributed by atoms with Gasteiger partial charge < -0.3 is 5.32 Å². The summed E-state index contributed by atoms with van der Waals surface area (Å²) in [5.41, 5.74) is 0.876. The summed E-state index contributed by atoms with van der Waals surface area (Å²) >= 11 is 3.33. The lowest BCUT2D eigenvalue weighted by molar-refractivity contribution is -0.121. The molecule has 0 aliphatic rings. The summed E-state index contributed by atoms with van der Waals surface area (Å²) in [6, 6.07) is 0. The van der Waals surface area contributed by atoms with E-state index in [0.717, 1.165) is 10.2 Å². The summed E-state index contributed by atoms with van der Waals surface area (Å²) < 4.78 is 2.51. The Bertz CT molecular complexity index is 326. The van der Waals surface area contributed by atoms with E-state index in [1.54, 1.807) is 17.0 Å². The molecular formula is C9H12BrN3O. The summed E-state index contributed by atoms with van der Waals surface area (Å²) in [6.45, 7) is 6.11. The molecule has 0 bridgehead atoms. The molecule has 1 rings (SSSR count). The molecule has 0 atom stereocenters. The van der Waals surface area contributed by atoms with Crippen LogP contribution in [0.25, 0.3) is 0 Å². The van der Waals surface area contributed by atoms with Crippen LogP contribution in [0.5, 0.6) is 0 Å². The fraction of sp³-hybridized carbons (Fsp3) is 0.333. The van der Waals surface area contributed by atoms with Gasteiger partial charge in [-0.2, -0.15) is 5.10 Å². The number of nitrogens with one attached hydrogen (secondary N) is 1. The van der Waals surface area contributed by atoms with Gasteiger partial charge in [-0.25, -0.2) is 0 Å². The van der Waals surface area contributed by atoms with E-state index in [-0.39, 0.29) is 12.5 Å². The van der Waals surface area contributed by atoms with Crippen molar-refractivity contribution in [2.24, 2.45) is 0 Å². The highest BCUT2D eigenvalue weighted by atomic mass is 79.9. The standard InChI is InChI=1S/C9H12BrN3O/c1-3-4-11-9(14)6-13-5-8(10)7(2)12-13/h3,5H,1,4,6H2,2H3,(H,11,14).